The monoisotopic (exact) mass is 220 g/mol. The molecule has 0 radical (unpaired) electrons. The molecule has 2 rings (SSSR count). The van der Waals surface area contributed by atoms with Crippen molar-refractivity contribution in [2.75, 3.05) is 39.8 Å². The molecule has 2 aliphatic rings. The quantitative estimate of drug-likeness (QED) is 0.659. The summed E-state index contributed by atoms with van der Waals surface area (Å²) in [6.45, 7) is 6.15. The van der Waals surface area contributed by atoms with Crippen LogP contribution in [0.15, 0.2) is 23.8 Å². The molecule has 2 nitrogen and oxygen atoms in total. The van der Waals surface area contributed by atoms with Gasteiger partial charge in [0.15, 0.2) is 0 Å². The molecular formula is C14H24N2. The first-order valence-electron chi connectivity index (χ1n) is 6.58. The zero-order chi connectivity index (χ0) is 11.2. The minimum absolute atomic E-state index is 1.14. The third kappa shape index (κ3) is 3.76. The molecule has 0 aromatic carbocycles. The summed E-state index contributed by atoms with van der Waals surface area (Å²) < 4.78 is 0. The van der Waals surface area contributed by atoms with Crippen LogP contribution in [0.4, 0.5) is 0 Å². The topological polar surface area (TPSA) is 6.48 Å². The second kappa shape index (κ2) is 6.21. The lowest BCUT2D eigenvalue weighted by Gasteiger charge is -2.33. The van der Waals surface area contributed by atoms with Crippen molar-refractivity contribution in [1.82, 2.24) is 9.80 Å². The molecule has 1 saturated heterocycles. The summed E-state index contributed by atoms with van der Waals surface area (Å²) in [5.41, 5.74) is 1.66. The molecule has 2 heteroatoms. The largest absolute Gasteiger partial charge is 0.304 e. The van der Waals surface area contributed by atoms with Crippen molar-refractivity contribution in [3.8, 4) is 0 Å². The number of rotatable bonds is 2. The predicted octanol–water partition coefficient (Wildman–Crippen LogP) is 2.29. The van der Waals surface area contributed by atoms with Crippen LogP contribution in [-0.4, -0.2) is 49.6 Å². The molecule has 90 valence electrons. The zero-order valence-electron chi connectivity index (χ0n) is 10.5. The summed E-state index contributed by atoms with van der Waals surface area (Å²) in [7, 11) is 2.22. The second-order valence-corrected chi connectivity index (χ2v) is 5.04. The van der Waals surface area contributed by atoms with Crippen LogP contribution in [0.3, 0.4) is 0 Å². The molecule has 1 aliphatic heterocycles. The Labute approximate surface area is 99.6 Å². The average molecular weight is 220 g/mol. The third-order valence-corrected chi connectivity index (χ3v) is 3.60. The number of nitrogens with zero attached hydrogens (tertiary/aromatic N) is 2. The predicted molar refractivity (Wildman–Crippen MR) is 69.6 cm³/mol. The van der Waals surface area contributed by atoms with E-state index in [-0.39, 0.29) is 0 Å². The Morgan fingerprint density at radius 3 is 2.75 bits per heavy atom. The number of allylic oxidation sites excluding steroid dienone is 3. The van der Waals surface area contributed by atoms with Gasteiger partial charge >= 0.3 is 0 Å². The summed E-state index contributed by atoms with van der Waals surface area (Å²) in [6, 6.07) is 0. The fourth-order valence-electron chi connectivity index (χ4n) is 2.43. The molecule has 16 heavy (non-hydrogen) atoms. The third-order valence-electron chi connectivity index (χ3n) is 3.60. The van der Waals surface area contributed by atoms with Crippen molar-refractivity contribution in [2.45, 2.75) is 25.7 Å². The van der Waals surface area contributed by atoms with Gasteiger partial charge in [0.05, 0.1) is 0 Å². The Morgan fingerprint density at radius 1 is 1.12 bits per heavy atom. The molecule has 0 aromatic rings. The van der Waals surface area contributed by atoms with E-state index < -0.39 is 0 Å². The highest BCUT2D eigenvalue weighted by molar-refractivity contribution is 5.09. The number of piperazine rings is 1. The van der Waals surface area contributed by atoms with Crippen molar-refractivity contribution >= 4 is 0 Å². The van der Waals surface area contributed by atoms with Crippen LogP contribution < -0.4 is 0 Å². The van der Waals surface area contributed by atoms with Gasteiger partial charge in [-0.15, -0.1) is 0 Å². The lowest BCUT2D eigenvalue weighted by Crippen LogP contribution is -2.45. The molecule has 0 amide bonds. The van der Waals surface area contributed by atoms with Gasteiger partial charge in [0.1, 0.15) is 0 Å². The maximum atomic E-state index is 2.61. The van der Waals surface area contributed by atoms with E-state index in [9.17, 15) is 0 Å². The minimum atomic E-state index is 1.14. The van der Waals surface area contributed by atoms with Gasteiger partial charge in [0, 0.05) is 32.7 Å². The Bertz CT molecular complexity index is 260. The van der Waals surface area contributed by atoms with Gasteiger partial charge in [-0.1, -0.05) is 23.8 Å². The first-order valence-corrected chi connectivity index (χ1v) is 6.58. The smallest absolute Gasteiger partial charge is 0.0194 e. The maximum absolute atomic E-state index is 2.61. The van der Waals surface area contributed by atoms with Crippen molar-refractivity contribution in [3.63, 3.8) is 0 Å². The van der Waals surface area contributed by atoms with Gasteiger partial charge < -0.3 is 4.90 Å². The number of hydrogen-bond acceptors (Lipinski definition) is 2. The van der Waals surface area contributed by atoms with Crippen LogP contribution in [0.5, 0.6) is 0 Å². The van der Waals surface area contributed by atoms with Crippen LogP contribution in [0.1, 0.15) is 25.7 Å². The highest BCUT2D eigenvalue weighted by Gasteiger charge is 2.14. The molecule has 1 fully saturated rings. The molecule has 0 bridgehead atoms. The normalized spacial score (nSPS) is 30.2. The van der Waals surface area contributed by atoms with Crippen molar-refractivity contribution in [3.05, 3.63) is 23.8 Å². The van der Waals surface area contributed by atoms with Gasteiger partial charge in [-0.05, 0) is 32.7 Å². The molecular weight excluding hydrogens is 196 g/mol. The molecule has 0 atom stereocenters. The summed E-state index contributed by atoms with van der Waals surface area (Å²) in [6.07, 6.45) is 12.1. The van der Waals surface area contributed by atoms with Crippen LogP contribution in [0.2, 0.25) is 0 Å². The van der Waals surface area contributed by atoms with E-state index in [1.165, 1.54) is 52.0 Å². The molecule has 1 aliphatic carbocycles. The van der Waals surface area contributed by atoms with E-state index in [4.69, 9.17) is 0 Å². The minimum Gasteiger partial charge on any atom is -0.304 e. The van der Waals surface area contributed by atoms with Gasteiger partial charge in [-0.25, -0.2) is 0 Å². The number of likely N-dealkylation sites (N-methyl/N-ethyl adjacent to an activating group) is 1. The van der Waals surface area contributed by atoms with E-state index in [1.807, 2.05) is 0 Å². The summed E-state index contributed by atoms with van der Waals surface area (Å²) in [5.74, 6) is 0. The van der Waals surface area contributed by atoms with Crippen molar-refractivity contribution in [2.24, 2.45) is 0 Å². The SMILES string of the molecule is CN1CCN(C/C2=C/C/C=C\CCC2)CC1. The van der Waals surface area contributed by atoms with Crippen molar-refractivity contribution in [1.29, 1.82) is 0 Å². The molecule has 0 unspecified atom stereocenters. The van der Waals surface area contributed by atoms with Crippen LogP contribution >= 0.6 is 0 Å². The highest BCUT2D eigenvalue weighted by Crippen LogP contribution is 2.15. The van der Waals surface area contributed by atoms with E-state index in [1.54, 1.807) is 5.57 Å². The molecule has 1 heterocycles. The van der Waals surface area contributed by atoms with Gasteiger partial charge in [0.2, 0.25) is 0 Å². The second-order valence-electron chi connectivity index (χ2n) is 5.04. The van der Waals surface area contributed by atoms with Crippen molar-refractivity contribution < 1.29 is 0 Å². The van der Waals surface area contributed by atoms with Crippen LogP contribution in [0, 0.1) is 0 Å². The van der Waals surface area contributed by atoms with E-state index in [0.29, 0.717) is 0 Å². The first-order chi connectivity index (χ1) is 7.84. The first kappa shape index (κ1) is 11.9. The van der Waals surface area contributed by atoms with Gasteiger partial charge in [-0.2, -0.15) is 0 Å². The van der Waals surface area contributed by atoms with E-state index >= 15 is 0 Å². The van der Waals surface area contributed by atoms with Gasteiger partial charge in [0.25, 0.3) is 0 Å². The summed E-state index contributed by atoms with van der Waals surface area (Å²) >= 11 is 0. The van der Waals surface area contributed by atoms with Crippen LogP contribution in [0.25, 0.3) is 0 Å². The summed E-state index contributed by atoms with van der Waals surface area (Å²) in [5, 5.41) is 0. The molecule has 0 N–H and O–H groups in total. The zero-order valence-corrected chi connectivity index (χ0v) is 10.5. The molecule has 0 spiro atoms. The average Bonchev–Trinajstić information content (AvgIpc) is 2.25. The van der Waals surface area contributed by atoms with Gasteiger partial charge in [-0.3, -0.25) is 4.90 Å². The molecule has 0 saturated carbocycles. The Balaban J connectivity index is 1.81. The van der Waals surface area contributed by atoms with E-state index in [0.717, 1.165) is 6.42 Å². The standard InChI is InChI=1S/C14H24N2/c1-15-9-11-16(12-10-15)13-14-7-5-3-2-4-6-8-14/h2-3,7H,4-6,8-13H2,1H3/b3-2-,14-7+. The maximum Gasteiger partial charge on any atom is 0.0194 e. The lowest BCUT2D eigenvalue weighted by atomic mass is 10.0. The molecule has 0 aromatic heterocycles. The Hall–Kier alpha value is -0.600. The van der Waals surface area contributed by atoms with Crippen LogP contribution in [-0.2, 0) is 0 Å². The highest BCUT2D eigenvalue weighted by atomic mass is 15.2. The lowest BCUT2D eigenvalue weighted by molar-refractivity contribution is 0.163. The fourth-order valence-corrected chi connectivity index (χ4v) is 2.43. The number of hydrogen-bond donors (Lipinski definition) is 0. The Morgan fingerprint density at radius 2 is 1.94 bits per heavy atom. The summed E-state index contributed by atoms with van der Waals surface area (Å²) in [4.78, 5) is 5.03. The fraction of sp³-hybridized carbons (Fsp3) is 0.714. The Kier molecular flexibility index (Phi) is 4.61. The van der Waals surface area contributed by atoms with E-state index in [2.05, 4.69) is 35.1 Å².